The number of nitrogens with two attached hydrogens (primary N) is 1. The number of anilines is 2. The number of ether oxygens (including phenoxy) is 3. The highest BCUT2D eigenvalue weighted by molar-refractivity contribution is 6.35. The summed E-state index contributed by atoms with van der Waals surface area (Å²) in [5, 5.41) is 14.0. The van der Waals surface area contributed by atoms with Crippen LogP contribution in [0.1, 0.15) is 103 Å². The minimum absolute atomic E-state index is 0.169. The van der Waals surface area contributed by atoms with E-state index in [9.17, 15) is 38.4 Å². The van der Waals surface area contributed by atoms with Gasteiger partial charge in [0, 0.05) is 56.7 Å². The van der Waals surface area contributed by atoms with Crippen molar-refractivity contribution in [3.63, 3.8) is 0 Å². The maximum atomic E-state index is 14.4. The molecule has 3 unspecified atom stereocenters. The number of halogens is 1. The molecule has 2 aliphatic heterocycles. The van der Waals surface area contributed by atoms with Gasteiger partial charge in [0.25, 0.3) is 5.91 Å². The molecule has 19 nitrogen and oxygen atoms in total. The number of primary amides is 1. The second-order valence-corrected chi connectivity index (χ2v) is 21.0. The Morgan fingerprint density at radius 1 is 1.07 bits per heavy atom. The number of carbonyl (C=O) groups excluding carboxylic acids is 8. The van der Waals surface area contributed by atoms with Crippen molar-refractivity contribution in [2.24, 2.45) is 34.8 Å². The molecule has 4 bridgehead atoms. The number of benzene rings is 2. The van der Waals surface area contributed by atoms with Crippen LogP contribution in [0.15, 0.2) is 60.2 Å². The Bertz CT molecular complexity index is 2480. The van der Waals surface area contributed by atoms with E-state index in [-0.39, 0.29) is 59.7 Å². The van der Waals surface area contributed by atoms with Crippen LogP contribution in [0.2, 0.25) is 5.02 Å². The van der Waals surface area contributed by atoms with E-state index in [1.54, 1.807) is 20.9 Å². The monoisotopic (exact) mass is 1030 g/mol. The van der Waals surface area contributed by atoms with Crippen LogP contribution in [0.3, 0.4) is 0 Å². The first-order chi connectivity index (χ1) is 34.3. The number of nitrogens with one attached hydrogen (secondary N) is 5. The Morgan fingerprint density at radius 2 is 1.75 bits per heavy atom. The third-order valence-corrected chi connectivity index (χ3v) is 15.0. The number of alkyl carbamates (subject to hydrolysis) is 1. The fraction of sp³-hybridized carbons (Fsp3) is 0.547. The summed E-state index contributed by atoms with van der Waals surface area (Å²) in [6, 6.07) is 7.83. The number of urea groups is 1. The molecule has 398 valence electrons. The van der Waals surface area contributed by atoms with E-state index < -0.39 is 83.4 Å². The Balaban J connectivity index is 1.35. The van der Waals surface area contributed by atoms with Gasteiger partial charge in [-0.05, 0) is 98.2 Å². The summed E-state index contributed by atoms with van der Waals surface area (Å²) in [5.74, 6) is -3.98. The van der Waals surface area contributed by atoms with Gasteiger partial charge in [0.15, 0.2) is 0 Å². The van der Waals surface area contributed by atoms with Crippen LogP contribution in [0.4, 0.5) is 21.0 Å². The third-order valence-electron chi connectivity index (χ3n) is 14.6. The van der Waals surface area contributed by atoms with Crippen molar-refractivity contribution in [3.8, 4) is 5.75 Å². The quantitative estimate of drug-likeness (QED) is 0.119. The first-order valence-electron chi connectivity index (χ1n) is 24.7. The van der Waals surface area contributed by atoms with Gasteiger partial charge in [-0.1, -0.05) is 76.9 Å². The summed E-state index contributed by atoms with van der Waals surface area (Å²) in [6.45, 7) is 14.3. The topological polar surface area (TPSA) is 257 Å². The van der Waals surface area contributed by atoms with E-state index in [0.29, 0.717) is 42.8 Å². The van der Waals surface area contributed by atoms with Crippen molar-refractivity contribution < 1.29 is 52.6 Å². The molecule has 7 N–H and O–H groups in total. The molecule has 0 spiro atoms. The second kappa shape index (κ2) is 24.4. The van der Waals surface area contributed by atoms with E-state index in [2.05, 4.69) is 26.6 Å². The predicted octanol–water partition coefficient (Wildman–Crippen LogP) is 6.03. The average molecular weight is 1030 g/mol. The number of rotatable bonds is 14. The summed E-state index contributed by atoms with van der Waals surface area (Å²) >= 11 is 6.84. The standard InChI is InChI=1S/C53H73ClN8O11/c1-29(2)46(57-33(6)63)47(66)60-53(27-36(53)20-21-56-50(55)69)49(68)58-37-18-16-35(17-19-37)48(67)61(9)28-44(65)73-42-26-43(64)62(10)39-23-34(24-41(71-11)45(39)54)22-30(3)14-12-13-15-38-25-40(72-51(70)59-38)31(4)32(5)52(42,7)8/h12-14,16-19,23-24,29,31-32,36,38,40,42,46H,15,20-22,25-28H2,1-11H3,(H,57,63)(H,58,68)(H,59,70)(H,60,66)(H3,55,56,69)/b13-12+,30-14+/t31-,32-,36?,38?,40-,42-,46-,53?/m0/s1. The minimum Gasteiger partial charge on any atom is -0.495 e. The van der Waals surface area contributed by atoms with Gasteiger partial charge >= 0.3 is 18.1 Å². The molecule has 2 heterocycles. The summed E-state index contributed by atoms with van der Waals surface area (Å²) in [5.41, 5.74) is 5.76. The maximum Gasteiger partial charge on any atom is 0.407 e. The molecule has 0 radical (unpaired) electrons. The predicted molar refractivity (Wildman–Crippen MR) is 277 cm³/mol. The first-order valence-corrected chi connectivity index (χ1v) is 25.1. The molecule has 3 aliphatic rings. The van der Waals surface area contributed by atoms with Crippen molar-refractivity contribution in [2.45, 2.75) is 124 Å². The molecule has 20 heteroatoms. The average Bonchev–Trinajstić information content (AvgIpc) is 4.03. The normalized spacial score (nSPS) is 25.5. The van der Waals surface area contributed by atoms with E-state index in [1.165, 1.54) is 55.1 Å². The summed E-state index contributed by atoms with van der Waals surface area (Å²) in [7, 11) is 4.54. The fourth-order valence-electron chi connectivity index (χ4n) is 9.58. The molecule has 8 amide bonds. The van der Waals surface area contributed by atoms with E-state index in [1.807, 2.05) is 65.0 Å². The largest absolute Gasteiger partial charge is 0.495 e. The van der Waals surface area contributed by atoms with E-state index in [4.69, 9.17) is 31.5 Å². The number of amides is 8. The Morgan fingerprint density at radius 3 is 2.38 bits per heavy atom. The highest BCUT2D eigenvalue weighted by Crippen LogP contribution is 2.47. The van der Waals surface area contributed by atoms with E-state index in [0.717, 1.165) is 11.1 Å². The van der Waals surface area contributed by atoms with Gasteiger partial charge in [0.1, 0.15) is 41.1 Å². The van der Waals surface area contributed by atoms with Gasteiger partial charge in [-0.3, -0.25) is 28.8 Å². The van der Waals surface area contributed by atoms with Gasteiger partial charge in [-0.25, -0.2) is 9.59 Å². The lowest BCUT2D eigenvalue weighted by atomic mass is 9.67. The summed E-state index contributed by atoms with van der Waals surface area (Å²) in [4.78, 5) is 108. The Labute approximate surface area is 433 Å². The van der Waals surface area contributed by atoms with Crippen molar-refractivity contribution in [3.05, 3.63) is 76.3 Å². The highest BCUT2D eigenvalue weighted by atomic mass is 35.5. The van der Waals surface area contributed by atoms with Crippen molar-refractivity contribution in [1.82, 2.24) is 26.2 Å². The van der Waals surface area contributed by atoms with Crippen molar-refractivity contribution >= 4 is 70.6 Å². The van der Waals surface area contributed by atoms with Gasteiger partial charge in [0.05, 0.1) is 19.2 Å². The molecular weight excluding hydrogens is 960 g/mol. The van der Waals surface area contributed by atoms with Crippen LogP contribution < -0.4 is 42.0 Å². The molecule has 1 saturated carbocycles. The zero-order valence-corrected chi connectivity index (χ0v) is 44.6. The van der Waals surface area contributed by atoms with Crippen LogP contribution in [-0.2, 0) is 39.9 Å². The number of carbonyl (C=O) groups is 8. The molecule has 2 aromatic carbocycles. The molecule has 8 atom stereocenters. The van der Waals surface area contributed by atoms with Crippen molar-refractivity contribution in [1.29, 1.82) is 0 Å². The van der Waals surface area contributed by atoms with Crippen molar-refractivity contribution in [2.75, 3.05) is 44.5 Å². The van der Waals surface area contributed by atoms with Gasteiger partial charge in [-0.2, -0.15) is 0 Å². The van der Waals surface area contributed by atoms with Crippen LogP contribution in [0, 0.1) is 29.1 Å². The lowest BCUT2D eigenvalue weighted by Crippen LogP contribution is -2.56. The number of esters is 1. The first kappa shape index (κ1) is 57.3. The number of likely N-dealkylation sites (N-methyl/N-ethyl adjacent to an activating group) is 1. The number of hydrogen-bond acceptors (Lipinski definition) is 11. The lowest BCUT2D eigenvalue weighted by molar-refractivity contribution is -0.161. The summed E-state index contributed by atoms with van der Waals surface area (Å²) < 4.78 is 17.7. The van der Waals surface area contributed by atoms with Gasteiger partial charge < -0.3 is 56.3 Å². The third kappa shape index (κ3) is 14.5. The highest BCUT2D eigenvalue weighted by Gasteiger charge is 2.61. The lowest BCUT2D eigenvalue weighted by Gasteiger charge is -2.44. The molecule has 5 rings (SSSR count). The zero-order chi connectivity index (χ0) is 54.1. The van der Waals surface area contributed by atoms with Crippen LogP contribution in [0.25, 0.3) is 0 Å². The number of allylic oxidation sites excluding steroid dienone is 3. The SMILES string of the molecule is COc1cc2cc(c1Cl)N(C)C(=O)C[C@H](OC(=O)CN(C)C(=O)c1ccc(NC(=O)C3(NC(=O)[C@@H](NC(C)=O)C(C)C)CC3CCNC(N)=O)cc1)C(C)(C)[C@@H](C)[C@H](C)[C@@H]1CC(C/C=C/C=C(\C)C2)NC(=O)O1. The number of fused-ring (bicyclic) bond motifs is 4. The number of hydrogen-bond donors (Lipinski definition) is 6. The number of methoxy groups -OCH3 is 1. The molecule has 1 saturated heterocycles. The zero-order valence-electron chi connectivity index (χ0n) is 43.8. The Kier molecular flexibility index (Phi) is 19.1. The van der Waals surface area contributed by atoms with E-state index >= 15 is 0 Å². The molecule has 0 aromatic heterocycles. The van der Waals surface area contributed by atoms with Crippen LogP contribution >= 0.6 is 11.6 Å². The maximum absolute atomic E-state index is 14.4. The fourth-order valence-corrected chi connectivity index (χ4v) is 9.89. The van der Waals surface area contributed by atoms with Gasteiger partial charge in [-0.15, -0.1) is 0 Å². The smallest absolute Gasteiger partial charge is 0.407 e. The summed E-state index contributed by atoms with van der Waals surface area (Å²) in [6.07, 6.45) is 5.92. The molecule has 2 aromatic rings. The van der Waals surface area contributed by atoms with Gasteiger partial charge in [0.2, 0.25) is 23.6 Å². The van der Waals surface area contributed by atoms with Crippen LogP contribution in [0.5, 0.6) is 5.75 Å². The molecule has 73 heavy (non-hydrogen) atoms. The molecule has 2 fully saturated rings. The number of nitrogens with zero attached hydrogens (tertiary/aromatic N) is 2. The second-order valence-electron chi connectivity index (χ2n) is 20.7. The minimum atomic E-state index is -1.35. The Hall–Kier alpha value is -6.63. The molecule has 1 aliphatic carbocycles. The molecular formula is C53H73ClN8O11. The van der Waals surface area contributed by atoms with Crippen LogP contribution in [-0.4, -0.2) is 117 Å².